The lowest BCUT2D eigenvalue weighted by molar-refractivity contribution is 0.0773. The summed E-state index contributed by atoms with van der Waals surface area (Å²) in [6.07, 6.45) is 3.23. The predicted octanol–water partition coefficient (Wildman–Crippen LogP) is 4.32. The van der Waals surface area contributed by atoms with E-state index >= 15 is 0 Å². The van der Waals surface area contributed by atoms with E-state index in [0.717, 1.165) is 62.5 Å². The molecule has 0 radical (unpaired) electrons. The fraction of sp³-hybridized carbons (Fsp3) is 0.360. The first-order valence-corrected chi connectivity index (χ1v) is 12.0. The summed E-state index contributed by atoms with van der Waals surface area (Å²) < 4.78 is 0. The van der Waals surface area contributed by atoms with Gasteiger partial charge in [0.1, 0.15) is 5.75 Å². The summed E-state index contributed by atoms with van der Waals surface area (Å²) in [7, 11) is 0. The van der Waals surface area contributed by atoms with Crippen LogP contribution in [0.3, 0.4) is 0 Å². The van der Waals surface area contributed by atoms with E-state index < -0.39 is 0 Å². The minimum absolute atomic E-state index is 0.100. The lowest BCUT2D eigenvalue weighted by Crippen LogP contribution is -2.45. The molecule has 0 unspecified atom stereocenters. The van der Waals surface area contributed by atoms with Crippen LogP contribution in [0.1, 0.15) is 29.1 Å². The van der Waals surface area contributed by atoms with Gasteiger partial charge in [0.05, 0.1) is 6.20 Å². The Labute approximate surface area is 193 Å². The summed E-state index contributed by atoms with van der Waals surface area (Å²) in [5, 5.41) is 11.8. The lowest BCUT2D eigenvalue weighted by atomic mass is 10.1. The average molecular weight is 451 g/mol. The highest BCUT2D eigenvalue weighted by molar-refractivity contribution is 7.10. The summed E-state index contributed by atoms with van der Waals surface area (Å²) >= 11 is 1.75. The number of aromatic nitrogens is 1. The smallest absolute Gasteiger partial charge is 0.253 e. The molecule has 3 aromatic rings. The van der Waals surface area contributed by atoms with Crippen LogP contribution in [0.25, 0.3) is 11.1 Å². The Hall–Kier alpha value is -2.90. The third kappa shape index (κ3) is 5.11. The summed E-state index contributed by atoms with van der Waals surface area (Å²) in [6.45, 7) is 10.4. The molecule has 0 spiro atoms. The van der Waals surface area contributed by atoms with Crippen LogP contribution >= 0.6 is 11.3 Å². The molecule has 0 aliphatic carbocycles. The van der Waals surface area contributed by atoms with Crippen molar-refractivity contribution < 1.29 is 9.90 Å². The first-order chi connectivity index (χ1) is 15.6. The fourth-order valence-corrected chi connectivity index (χ4v) is 5.03. The Morgan fingerprint density at radius 1 is 1.03 bits per heavy atom. The molecule has 4 rings (SSSR count). The van der Waals surface area contributed by atoms with Crippen LogP contribution < -0.4 is 4.90 Å². The summed E-state index contributed by atoms with van der Waals surface area (Å²) in [5.41, 5.74) is 3.98. The summed E-state index contributed by atoms with van der Waals surface area (Å²) in [6, 6.07) is 12.0. The van der Waals surface area contributed by atoms with E-state index in [1.54, 1.807) is 23.6 Å². The first-order valence-electron chi connectivity index (χ1n) is 11.2. The second-order valence-corrected chi connectivity index (χ2v) is 9.02. The number of nitrogens with zero attached hydrogens (tertiary/aromatic N) is 4. The molecule has 1 N–H and O–H groups in total. The third-order valence-electron chi connectivity index (χ3n) is 5.99. The second-order valence-electron chi connectivity index (χ2n) is 8.02. The van der Waals surface area contributed by atoms with Crippen LogP contribution in [0.4, 0.5) is 5.69 Å². The molecule has 32 heavy (non-hydrogen) atoms. The van der Waals surface area contributed by atoms with Crippen molar-refractivity contribution >= 4 is 22.9 Å². The molecule has 1 aromatic carbocycles. The van der Waals surface area contributed by atoms with Crippen LogP contribution in [0.5, 0.6) is 5.75 Å². The number of anilines is 1. The molecule has 1 amide bonds. The zero-order valence-corrected chi connectivity index (χ0v) is 19.5. The van der Waals surface area contributed by atoms with Gasteiger partial charge in [0.15, 0.2) is 0 Å². The monoisotopic (exact) mass is 450 g/mol. The van der Waals surface area contributed by atoms with Gasteiger partial charge in [-0.25, -0.2) is 0 Å². The van der Waals surface area contributed by atoms with Gasteiger partial charge < -0.3 is 14.9 Å². The van der Waals surface area contributed by atoms with Gasteiger partial charge in [-0.15, -0.1) is 11.3 Å². The SMILES string of the molecule is CCN(CC)C(=O)c1ccc(N2CCN(Cc3cc(-c4cncc(O)c4)cs3)CC2)cc1. The number of benzene rings is 1. The van der Waals surface area contributed by atoms with Gasteiger partial charge >= 0.3 is 0 Å². The molecule has 1 aliphatic rings. The Morgan fingerprint density at radius 2 is 1.75 bits per heavy atom. The molecular weight excluding hydrogens is 420 g/mol. The van der Waals surface area contributed by atoms with Crippen molar-refractivity contribution in [1.82, 2.24) is 14.8 Å². The molecule has 168 valence electrons. The molecule has 6 nitrogen and oxygen atoms in total. The molecule has 1 aliphatic heterocycles. The van der Waals surface area contributed by atoms with E-state index in [1.165, 1.54) is 16.8 Å². The summed E-state index contributed by atoms with van der Waals surface area (Å²) in [4.78, 5) is 24.6. The number of pyridine rings is 1. The molecule has 0 atom stereocenters. The molecule has 3 heterocycles. The van der Waals surface area contributed by atoms with Gasteiger partial charge in [-0.3, -0.25) is 14.7 Å². The zero-order valence-electron chi connectivity index (χ0n) is 18.7. The molecule has 1 fully saturated rings. The zero-order chi connectivity index (χ0) is 22.5. The molecule has 7 heteroatoms. The van der Waals surface area contributed by atoms with E-state index in [1.807, 2.05) is 30.9 Å². The highest BCUT2D eigenvalue weighted by Crippen LogP contribution is 2.28. The third-order valence-corrected chi connectivity index (χ3v) is 6.91. The second kappa shape index (κ2) is 10.1. The molecule has 2 aromatic heterocycles. The molecule has 0 saturated carbocycles. The Morgan fingerprint density at radius 3 is 2.41 bits per heavy atom. The van der Waals surface area contributed by atoms with Crippen LogP contribution in [0.2, 0.25) is 0 Å². The van der Waals surface area contributed by atoms with E-state index in [0.29, 0.717) is 0 Å². The summed E-state index contributed by atoms with van der Waals surface area (Å²) in [5.74, 6) is 0.292. The minimum Gasteiger partial charge on any atom is -0.506 e. The van der Waals surface area contributed by atoms with Crippen molar-refractivity contribution in [3.63, 3.8) is 0 Å². The minimum atomic E-state index is 0.100. The number of carbonyl (C=O) groups is 1. The van der Waals surface area contributed by atoms with Crippen molar-refractivity contribution in [1.29, 1.82) is 0 Å². The molecule has 1 saturated heterocycles. The van der Waals surface area contributed by atoms with Gasteiger partial charge in [0.2, 0.25) is 0 Å². The van der Waals surface area contributed by atoms with Gasteiger partial charge in [0.25, 0.3) is 5.91 Å². The number of thiophene rings is 1. The number of hydrogen-bond donors (Lipinski definition) is 1. The van der Waals surface area contributed by atoms with Gasteiger partial charge in [-0.2, -0.15) is 0 Å². The highest BCUT2D eigenvalue weighted by atomic mass is 32.1. The van der Waals surface area contributed by atoms with Crippen LogP contribution in [0.15, 0.2) is 54.2 Å². The Bertz CT molecular complexity index is 1040. The van der Waals surface area contributed by atoms with Crippen LogP contribution in [0, 0.1) is 0 Å². The van der Waals surface area contributed by atoms with Crippen LogP contribution in [-0.4, -0.2) is 65.1 Å². The van der Waals surface area contributed by atoms with Crippen molar-refractivity contribution in [2.75, 3.05) is 44.2 Å². The number of carbonyl (C=O) groups excluding carboxylic acids is 1. The van der Waals surface area contributed by atoms with Gasteiger partial charge in [-0.05, 0) is 61.2 Å². The normalized spacial score (nSPS) is 14.5. The topological polar surface area (TPSA) is 59.9 Å². The number of aromatic hydroxyl groups is 1. The maximum absolute atomic E-state index is 12.5. The van der Waals surface area contributed by atoms with Crippen molar-refractivity contribution in [3.8, 4) is 16.9 Å². The number of piperazine rings is 1. The quantitative estimate of drug-likeness (QED) is 0.581. The lowest BCUT2D eigenvalue weighted by Gasteiger charge is -2.36. The maximum Gasteiger partial charge on any atom is 0.253 e. The number of hydrogen-bond acceptors (Lipinski definition) is 6. The number of amides is 1. The van der Waals surface area contributed by atoms with Crippen molar-refractivity contribution in [2.45, 2.75) is 20.4 Å². The predicted molar refractivity (Wildman–Crippen MR) is 130 cm³/mol. The largest absolute Gasteiger partial charge is 0.506 e. The average Bonchev–Trinajstić information content (AvgIpc) is 3.29. The van der Waals surface area contributed by atoms with E-state index in [-0.39, 0.29) is 11.7 Å². The van der Waals surface area contributed by atoms with E-state index in [9.17, 15) is 9.90 Å². The van der Waals surface area contributed by atoms with Crippen LogP contribution in [-0.2, 0) is 6.54 Å². The van der Waals surface area contributed by atoms with Gasteiger partial charge in [0, 0.05) is 73.7 Å². The standard InChI is InChI=1S/C25H30N4O2S/c1-3-28(4-2)25(31)19-5-7-22(8-6-19)29-11-9-27(10-12-29)17-24-14-21(18-32-24)20-13-23(30)16-26-15-20/h5-8,13-16,18,30H,3-4,9-12,17H2,1-2H3. The van der Waals surface area contributed by atoms with Crippen molar-refractivity contribution in [2.24, 2.45) is 0 Å². The maximum atomic E-state index is 12.5. The first kappa shape index (κ1) is 22.3. The van der Waals surface area contributed by atoms with Gasteiger partial charge in [-0.1, -0.05) is 0 Å². The molecular formula is C25H30N4O2S. The van der Waals surface area contributed by atoms with E-state index in [4.69, 9.17) is 0 Å². The number of rotatable bonds is 7. The van der Waals surface area contributed by atoms with Crippen molar-refractivity contribution in [3.05, 3.63) is 64.6 Å². The van der Waals surface area contributed by atoms with E-state index in [2.05, 4.69) is 38.4 Å². The molecule has 0 bridgehead atoms. The fourth-order valence-electron chi connectivity index (χ4n) is 4.09. The Balaban J connectivity index is 1.31. The Kier molecular flexibility index (Phi) is 7.07. The highest BCUT2D eigenvalue weighted by Gasteiger charge is 2.19.